The van der Waals surface area contributed by atoms with Gasteiger partial charge in [-0.15, -0.1) is 0 Å². The second kappa shape index (κ2) is 7.84. The summed E-state index contributed by atoms with van der Waals surface area (Å²) in [5.41, 5.74) is 0.234. The van der Waals surface area contributed by atoms with E-state index in [4.69, 9.17) is 0 Å². The van der Waals surface area contributed by atoms with Gasteiger partial charge in [-0.2, -0.15) is 0 Å². The molecule has 3 aromatic rings. The van der Waals surface area contributed by atoms with Crippen molar-refractivity contribution in [2.45, 2.75) is 19.4 Å². The lowest BCUT2D eigenvalue weighted by molar-refractivity contribution is -0.133. The molecule has 0 unspecified atom stereocenters. The number of hydrogen-bond donors (Lipinski definition) is 2. The van der Waals surface area contributed by atoms with Crippen LogP contribution in [0, 0.1) is 6.92 Å². The highest BCUT2D eigenvalue weighted by Crippen LogP contribution is 2.28. The number of benzene rings is 2. The molecular formula is C23H23N5O4. The third kappa shape index (κ3) is 3.37. The van der Waals surface area contributed by atoms with Crippen LogP contribution < -0.4 is 16.2 Å². The van der Waals surface area contributed by atoms with Crippen molar-refractivity contribution in [1.29, 1.82) is 0 Å². The molecule has 9 heteroatoms. The lowest BCUT2D eigenvalue weighted by atomic mass is 9.92. The number of carbonyl (C=O) groups is 3. The Morgan fingerprint density at radius 3 is 2.22 bits per heavy atom. The van der Waals surface area contributed by atoms with Crippen molar-refractivity contribution >= 4 is 23.5 Å². The summed E-state index contributed by atoms with van der Waals surface area (Å²) in [6.07, 6.45) is 0. The smallest absolute Gasteiger partial charge is 0.319 e. The molecule has 2 aromatic carbocycles. The van der Waals surface area contributed by atoms with E-state index < -0.39 is 35.5 Å². The number of amides is 4. The Kier molecular flexibility index (Phi) is 5.17. The highest BCUT2D eigenvalue weighted by atomic mass is 16.2. The molecule has 1 aliphatic heterocycles. The van der Waals surface area contributed by atoms with Gasteiger partial charge in [-0.1, -0.05) is 48.5 Å². The number of hydrogen-bond acceptors (Lipinski definition) is 4. The lowest BCUT2D eigenvalue weighted by Crippen LogP contribution is -2.42. The van der Waals surface area contributed by atoms with E-state index in [0.29, 0.717) is 16.9 Å². The van der Waals surface area contributed by atoms with Crippen molar-refractivity contribution in [1.82, 2.24) is 19.6 Å². The highest BCUT2D eigenvalue weighted by molar-refractivity contribution is 6.10. The molecule has 1 aromatic heterocycles. The number of carbonyl (C=O) groups excluding carboxylic acids is 3. The van der Waals surface area contributed by atoms with Gasteiger partial charge in [0.25, 0.3) is 11.5 Å². The molecule has 164 valence electrons. The molecular weight excluding hydrogens is 410 g/mol. The zero-order chi connectivity index (χ0) is 23.0. The Labute approximate surface area is 184 Å². The molecule has 9 nitrogen and oxygen atoms in total. The Hall–Kier alpha value is -4.14. The monoisotopic (exact) mass is 433 g/mol. The number of aromatic nitrogens is 2. The van der Waals surface area contributed by atoms with Gasteiger partial charge >= 0.3 is 6.03 Å². The van der Waals surface area contributed by atoms with Crippen LogP contribution in [0.5, 0.6) is 0 Å². The first-order valence-corrected chi connectivity index (χ1v) is 10.1. The second-order valence-corrected chi connectivity index (χ2v) is 7.80. The van der Waals surface area contributed by atoms with Gasteiger partial charge in [0.15, 0.2) is 0 Å². The third-order valence-electron chi connectivity index (χ3n) is 5.75. The Morgan fingerprint density at radius 2 is 1.59 bits per heavy atom. The van der Waals surface area contributed by atoms with Gasteiger partial charge in [0, 0.05) is 7.05 Å². The summed E-state index contributed by atoms with van der Waals surface area (Å²) in [6.45, 7) is 2.79. The number of nitrogens with zero attached hydrogens (tertiary/aromatic N) is 3. The Balaban J connectivity index is 1.56. The summed E-state index contributed by atoms with van der Waals surface area (Å²) in [4.78, 5) is 52.0. The van der Waals surface area contributed by atoms with Crippen LogP contribution >= 0.6 is 0 Å². The van der Waals surface area contributed by atoms with Crippen LogP contribution in [-0.4, -0.2) is 38.7 Å². The van der Waals surface area contributed by atoms with Crippen molar-refractivity contribution in [2.75, 3.05) is 11.9 Å². The van der Waals surface area contributed by atoms with Crippen LogP contribution in [-0.2, 0) is 22.2 Å². The number of nitrogens with one attached hydrogen (secondary N) is 2. The molecule has 1 aliphatic rings. The molecule has 1 atom stereocenters. The van der Waals surface area contributed by atoms with Gasteiger partial charge in [-0.05, 0) is 31.5 Å². The minimum absolute atomic E-state index is 0.0965. The zero-order valence-electron chi connectivity index (χ0n) is 18.0. The summed E-state index contributed by atoms with van der Waals surface area (Å²) in [7, 11) is 1.71. The number of anilines is 1. The van der Waals surface area contributed by atoms with Crippen molar-refractivity contribution in [3.8, 4) is 5.69 Å². The summed E-state index contributed by atoms with van der Waals surface area (Å²) in [6, 6.07) is 17.2. The van der Waals surface area contributed by atoms with Crippen molar-refractivity contribution in [3.05, 3.63) is 82.3 Å². The first-order chi connectivity index (χ1) is 15.2. The van der Waals surface area contributed by atoms with E-state index in [-0.39, 0.29) is 5.69 Å². The van der Waals surface area contributed by atoms with Gasteiger partial charge < -0.3 is 10.6 Å². The Morgan fingerprint density at radius 1 is 1.00 bits per heavy atom. The normalized spacial score (nSPS) is 18.0. The SMILES string of the molecule is Cc1c(NC(=O)CN2C(=O)N[C@@](C)(c3ccccc3)C2=O)c(=O)n(-c2ccccc2)n1C. The fraction of sp³-hybridized carbons (Fsp3) is 0.217. The Bertz CT molecular complexity index is 1260. The lowest BCUT2D eigenvalue weighted by Gasteiger charge is -2.22. The summed E-state index contributed by atoms with van der Waals surface area (Å²) in [5, 5.41) is 5.24. The van der Waals surface area contributed by atoms with Crippen LogP contribution in [0.3, 0.4) is 0 Å². The molecule has 2 heterocycles. The van der Waals surface area contributed by atoms with Crippen molar-refractivity contribution in [3.63, 3.8) is 0 Å². The van der Waals surface area contributed by atoms with E-state index in [9.17, 15) is 19.2 Å². The van der Waals surface area contributed by atoms with E-state index in [1.807, 2.05) is 24.3 Å². The van der Waals surface area contributed by atoms with Crippen LogP contribution in [0.4, 0.5) is 10.5 Å². The number of imide groups is 1. The largest absolute Gasteiger partial charge is 0.325 e. The maximum absolute atomic E-state index is 13.0. The standard InChI is InChI=1S/C23H23N5O4/c1-15-19(20(30)28(26(15)3)17-12-8-5-9-13-17)24-18(29)14-27-21(31)23(2,25-22(27)32)16-10-6-4-7-11-16/h4-13H,14H2,1-3H3,(H,24,29)(H,25,32)/t23-/m0/s1. The van der Waals surface area contributed by atoms with Gasteiger partial charge in [0.05, 0.1) is 11.4 Å². The summed E-state index contributed by atoms with van der Waals surface area (Å²) < 4.78 is 3.07. The molecule has 0 radical (unpaired) electrons. The maximum atomic E-state index is 13.0. The minimum Gasteiger partial charge on any atom is -0.319 e. The predicted octanol–water partition coefficient (Wildman–Crippen LogP) is 1.89. The summed E-state index contributed by atoms with van der Waals surface area (Å²) in [5.74, 6) is -1.17. The zero-order valence-corrected chi connectivity index (χ0v) is 18.0. The molecule has 0 bridgehead atoms. The van der Waals surface area contributed by atoms with Gasteiger partial charge in [0.1, 0.15) is 17.8 Å². The quantitative estimate of drug-likeness (QED) is 0.600. The van der Waals surface area contributed by atoms with Gasteiger partial charge in [-0.3, -0.25) is 24.0 Å². The first-order valence-electron chi connectivity index (χ1n) is 10.1. The van der Waals surface area contributed by atoms with Crippen LogP contribution in [0.2, 0.25) is 0 Å². The molecule has 0 aliphatic carbocycles. The fourth-order valence-electron chi connectivity index (χ4n) is 3.84. The van der Waals surface area contributed by atoms with Crippen molar-refractivity contribution in [2.24, 2.45) is 7.05 Å². The van der Waals surface area contributed by atoms with E-state index in [1.54, 1.807) is 62.0 Å². The first kappa shape index (κ1) is 21.1. The molecule has 32 heavy (non-hydrogen) atoms. The fourth-order valence-corrected chi connectivity index (χ4v) is 3.84. The van der Waals surface area contributed by atoms with Crippen molar-refractivity contribution < 1.29 is 14.4 Å². The van der Waals surface area contributed by atoms with Gasteiger partial charge in [-0.25, -0.2) is 9.48 Å². The summed E-state index contributed by atoms with van der Waals surface area (Å²) >= 11 is 0. The molecule has 0 saturated carbocycles. The number of para-hydroxylation sites is 1. The van der Waals surface area contributed by atoms with Crippen LogP contribution in [0.25, 0.3) is 5.69 Å². The third-order valence-corrected chi connectivity index (χ3v) is 5.75. The molecule has 0 spiro atoms. The molecule has 1 saturated heterocycles. The van der Waals surface area contributed by atoms with E-state index in [2.05, 4.69) is 10.6 Å². The van der Waals surface area contributed by atoms with E-state index >= 15 is 0 Å². The average Bonchev–Trinajstić information content (AvgIpc) is 3.14. The van der Waals surface area contributed by atoms with E-state index in [1.165, 1.54) is 4.68 Å². The number of urea groups is 1. The molecule has 1 fully saturated rings. The number of rotatable bonds is 5. The van der Waals surface area contributed by atoms with E-state index in [0.717, 1.165) is 4.90 Å². The average molecular weight is 433 g/mol. The molecule has 2 N–H and O–H groups in total. The second-order valence-electron chi connectivity index (χ2n) is 7.80. The predicted molar refractivity (Wildman–Crippen MR) is 118 cm³/mol. The topological polar surface area (TPSA) is 105 Å². The van der Waals surface area contributed by atoms with Crippen LogP contribution in [0.15, 0.2) is 65.5 Å². The van der Waals surface area contributed by atoms with Crippen LogP contribution in [0.1, 0.15) is 18.2 Å². The minimum atomic E-state index is -1.26. The maximum Gasteiger partial charge on any atom is 0.325 e. The van der Waals surface area contributed by atoms with Gasteiger partial charge in [0.2, 0.25) is 5.91 Å². The molecule has 4 amide bonds. The molecule has 4 rings (SSSR count). The highest BCUT2D eigenvalue weighted by Gasteiger charge is 2.49.